The van der Waals surface area contributed by atoms with Crippen LogP contribution in [0.25, 0.3) is 5.70 Å². The first-order chi connectivity index (χ1) is 20.9. The minimum Gasteiger partial charge on any atom is -0.447 e. The topological polar surface area (TPSA) is 6.25 Å². The normalized spacial score (nSPS) is 14.4. The average molecular weight is 539 g/mol. The lowest BCUT2D eigenvalue weighted by Gasteiger charge is -2.52. The second kappa shape index (κ2) is 11.2. The Bertz CT molecular complexity index is 1800. The predicted molar refractivity (Wildman–Crippen MR) is 178 cm³/mol. The third kappa shape index (κ3) is 4.36. The third-order valence-electron chi connectivity index (χ3n) is 8.28. The lowest BCUT2D eigenvalue weighted by Crippen LogP contribution is -2.77. The maximum absolute atomic E-state index is 2.58. The van der Waals surface area contributed by atoms with Gasteiger partial charge >= 0.3 is 6.42 Å². The molecule has 7 rings (SSSR count). The lowest BCUT2D eigenvalue weighted by atomic mass is 9.33. The zero-order valence-electron chi connectivity index (χ0n) is 23.4. The molecule has 6 aromatic rings. The molecule has 0 unspecified atom stereocenters. The Morgan fingerprint density at radius 3 is 1.31 bits per heavy atom. The van der Waals surface area contributed by atoms with Gasteiger partial charge in [-0.3, -0.25) is 0 Å². The van der Waals surface area contributed by atoms with E-state index in [1.807, 2.05) is 0 Å². The highest BCUT2D eigenvalue weighted by atomic mass is 15.2. The Morgan fingerprint density at radius 2 is 0.810 bits per heavy atom. The van der Waals surface area contributed by atoms with Crippen molar-refractivity contribution in [1.82, 2.24) is 0 Å². The molecule has 3 heteroatoms. The van der Waals surface area contributed by atoms with E-state index >= 15 is 0 Å². The summed E-state index contributed by atoms with van der Waals surface area (Å²) >= 11 is 0. The van der Waals surface area contributed by atoms with Crippen LogP contribution in [0.5, 0.6) is 0 Å². The van der Waals surface area contributed by atoms with Crippen LogP contribution in [-0.2, 0) is 0 Å². The van der Waals surface area contributed by atoms with Crippen molar-refractivity contribution in [3.8, 4) is 0 Å². The Kier molecular flexibility index (Phi) is 6.83. The summed E-state index contributed by atoms with van der Waals surface area (Å²) in [5.41, 5.74) is 9.36. The van der Waals surface area contributed by atoms with E-state index in [4.69, 9.17) is 0 Å². The van der Waals surface area contributed by atoms with Gasteiger partial charge in [-0.2, -0.15) is 0 Å². The van der Waals surface area contributed by atoms with E-state index in [9.17, 15) is 0 Å². The highest BCUT2D eigenvalue weighted by Crippen LogP contribution is 2.38. The molecule has 0 aromatic heterocycles. The van der Waals surface area contributed by atoms with Crippen LogP contribution >= 0.6 is 0 Å². The molecule has 200 valence electrons. The van der Waals surface area contributed by atoms with Crippen molar-refractivity contribution in [2.45, 2.75) is 0 Å². The van der Waals surface area contributed by atoms with Gasteiger partial charge in [0.15, 0.2) is 11.4 Å². The first kappa shape index (κ1) is 25.6. The molecule has 0 radical (unpaired) electrons. The van der Waals surface area contributed by atoms with Crippen LogP contribution in [0.3, 0.4) is 0 Å². The quantitative estimate of drug-likeness (QED) is 0.198. The summed E-state index contributed by atoms with van der Waals surface area (Å²) in [6.45, 7) is 0. The van der Waals surface area contributed by atoms with Crippen LogP contribution in [0.1, 0.15) is 11.1 Å². The molecule has 42 heavy (non-hydrogen) atoms. The van der Waals surface area contributed by atoms with E-state index < -0.39 is 6.42 Å². The van der Waals surface area contributed by atoms with E-state index in [0.29, 0.717) is 0 Å². The molecular weight excluding hydrogens is 507 g/mol. The summed E-state index contributed by atoms with van der Waals surface area (Å²) in [5, 5.41) is 0. The zero-order valence-corrected chi connectivity index (χ0v) is 23.4. The highest BCUT2D eigenvalue weighted by Gasteiger charge is 2.53. The van der Waals surface area contributed by atoms with Crippen LogP contribution in [-0.4, -0.2) is 16.6 Å². The van der Waals surface area contributed by atoms with Crippen LogP contribution in [0, 0.1) is 0 Å². The molecule has 0 atom stereocenters. The lowest BCUT2D eigenvalue weighted by molar-refractivity contribution is -0.291. The summed E-state index contributed by atoms with van der Waals surface area (Å²) in [6.07, 6.45) is 0.544. The summed E-state index contributed by atoms with van der Waals surface area (Å²) < 4.78 is 2.58. The second-order valence-corrected chi connectivity index (χ2v) is 10.7. The molecule has 0 amide bonds. The van der Waals surface area contributed by atoms with Gasteiger partial charge in [-0.25, -0.2) is 0 Å². The molecule has 1 heterocycles. The van der Waals surface area contributed by atoms with Crippen molar-refractivity contribution in [3.63, 3.8) is 0 Å². The molecule has 0 saturated heterocycles. The molecular formula is C39H31BN2. The number of hydrogen-bond donors (Lipinski definition) is 0. The highest BCUT2D eigenvalue weighted by molar-refractivity contribution is 7.01. The Labute approximate surface area is 248 Å². The number of benzene rings is 6. The Hall–Kier alpha value is -5.41. The molecule has 0 saturated carbocycles. The molecule has 0 aliphatic carbocycles. The van der Waals surface area contributed by atoms with Crippen molar-refractivity contribution in [2.24, 2.45) is 0 Å². The molecule has 1 aliphatic rings. The summed E-state index contributed by atoms with van der Waals surface area (Å²) in [7, 11) is 0. The van der Waals surface area contributed by atoms with Gasteiger partial charge in [0.05, 0.1) is 0 Å². The van der Waals surface area contributed by atoms with Gasteiger partial charge in [-0.15, -0.1) is 10.9 Å². The number of anilines is 1. The fourth-order valence-electron chi connectivity index (χ4n) is 6.57. The number of rotatable bonds is 6. The SMILES string of the molecule is C1=C(c2ccccc2)N(c2ccccc2)[B-](c2ccccc2)(c2ccccc2)[N+](c2ccccc2)=C1c1ccccc1. The summed E-state index contributed by atoms with van der Waals surface area (Å²) in [6, 6.07) is 65.3. The van der Waals surface area contributed by atoms with Crippen LogP contribution in [0.4, 0.5) is 11.4 Å². The van der Waals surface area contributed by atoms with E-state index in [1.165, 1.54) is 22.1 Å². The number of nitrogens with zero attached hydrogens (tertiary/aromatic N) is 2. The Morgan fingerprint density at radius 1 is 0.405 bits per heavy atom. The number of hydrogen-bond acceptors (Lipinski definition) is 1. The fraction of sp³-hybridized carbons (Fsp3) is 0. The summed E-state index contributed by atoms with van der Waals surface area (Å²) in [4.78, 5) is 2.58. The van der Waals surface area contributed by atoms with Crippen molar-refractivity contribution in [2.75, 3.05) is 4.81 Å². The second-order valence-electron chi connectivity index (χ2n) is 10.7. The fourth-order valence-corrected chi connectivity index (χ4v) is 6.57. The first-order valence-corrected chi connectivity index (χ1v) is 14.5. The smallest absolute Gasteiger partial charge is 0.435 e. The largest absolute Gasteiger partial charge is 0.447 e. The molecule has 0 N–H and O–H groups in total. The molecule has 0 bridgehead atoms. The number of para-hydroxylation sites is 2. The van der Waals surface area contributed by atoms with E-state index in [0.717, 1.165) is 22.8 Å². The van der Waals surface area contributed by atoms with Crippen molar-refractivity contribution < 1.29 is 4.49 Å². The van der Waals surface area contributed by atoms with Crippen molar-refractivity contribution in [3.05, 3.63) is 199 Å². The van der Waals surface area contributed by atoms with Gasteiger partial charge in [-0.05, 0) is 29.8 Å². The molecule has 6 aromatic carbocycles. The van der Waals surface area contributed by atoms with E-state index in [1.54, 1.807) is 0 Å². The number of allylic oxidation sites excluding steroid dienone is 1. The van der Waals surface area contributed by atoms with Gasteiger partial charge < -0.3 is 9.30 Å². The van der Waals surface area contributed by atoms with Crippen molar-refractivity contribution in [1.29, 1.82) is 0 Å². The van der Waals surface area contributed by atoms with Gasteiger partial charge in [0.2, 0.25) is 0 Å². The van der Waals surface area contributed by atoms with Crippen LogP contribution < -0.4 is 15.7 Å². The minimum atomic E-state index is -1.83. The molecule has 2 nitrogen and oxygen atoms in total. The maximum atomic E-state index is 2.58. The third-order valence-corrected chi connectivity index (χ3v) is 8.28. The zero-order chi connectivity index (χ0) is 28.2. The first-order valence-electron chi connectivity index (χ1n) is 14.5. The van der Waals surface area contributed by atoms with Gasteiger partial charge in [0, 0.05) is 35.2 Å². The molecule has 0 spiro atoms. The molecule has 1 aliphatic heterocycles. The minimum absolute atomic E-state index is 1.13. The van der Waals surface area contributed by atoms with Gasteiger partial charge in [-0.1, -0.05) is 146 Å². The average Bonchev–Trinajstić information content (AvgIpc) is 3.09. The van der Waals surface area contributed by atoms with Gasteiger partial charge in [0.1, 0.15) is 0 Å². The van der Waals surface area contributed by atoms with Gasteiger partial charge in [0.25, 0.3) is 0 Å². The monoisotopic (exact) mass is 538 g/mol. The standard InChI is InChI=1S/C39H31BN2/c1-7-19-32(20-8-1)38-31-39(33-21-9-2-10-22-33)42(37-29-17-6-18-30-37)40(34-23-11-3-12-24-34,35-25-13-4-14-26-35)41(38)36-27-15-5-16-28-36/h1-31H. The maximum Gasteiger partial charge on any atom is 0.435 e. The summed E-state index contributed by atoms with van der Waals surface area (Å²) in [5.74, 6) is 0. The van der Waals surface area contributed by atoms with E-state index in [2.05, 4.69) is 197 Å². The van der Waals surface area contributed by atoms with Crippen LogP contribution in [0.15, 0.2) is 188 Å². The molecule has 0 fully saturated rings. The predicted octanol–water partition coefficient (Wildman–Crippen LogP) is 7.64. The van der Waals surface area contributed by atoms with E-state index in [-0.39, 0.29) is 0 Å². The Balaban J connectivity index is 1.73. The van der Waals surface area contributed by atoms with Crippen molar-refractivity contribution >= 4 is 40.1 Å². The van der Waals surface area contributed by atoms with Crippen LogP contribution in [0.2, 0.25) is 0 Å².